The van der Waals surface area contributed by atoms with Crippen molar-refractivity contribution in [1.29, 1.82) is 0 Å². The topological polar surface area (TPSA) is 55.6 Å². The van der Waals surface area contributed by atoms with Crippen molar-refractivity contribution in [3.8, 4) is 0 Å². The van der Waals surface area contributed by atoms with Gasteiger partial charge < -0.3 is 15.4 Å². The molecule has 0 radical (unpaired) electrons. The van der Waals surface area contributed by atoms with Crippen LogP contribution in [0.5, 0.6) is 0 Å². The first-order valence-corrected chi connectivity index (χ1v) is 7.28. The lowest BCUT2D eigenvalue weighted by atomic mass is 10.1. The third-order valence-electron chi connectivity index (χ3n) is 3.92. The Bertz CT molecular complexity index is 422. The van der Waals surface area contributed by atoms with Crippen LogP contribution in [0.3, 0.4) is 0 Å². The summed E-state index contributed by atoms with van der Waals surface area (Å²) in [5.74, 6) is 0.310. The number of carbonyl (C=O) groups is 1. The first-order valence-electron chi connectivity index (χ1n) is 7.28. The highest BCUT2D eigenvalue weighted by molar-refractivity contribution is 5.79. The molecule has 0 aromatic heterocycles. The molecule has 0 saturated heterocycles. The number of amides is 1. The van der Waals surface area contributed by atoms with Crippen molar-refractivity contribution in [2.75, 3.05) is 20.3 Å². The average Bonchev–Trinajstić information content (AvgIpc) is 2.90. The standard InChI is InChI=1S/C16H24N2O2/c1-20-10-9-18(12-13-5-3-2-4-6-13)16(19)14-7-8-15(17)11-14/h2-6,14-15H,7-12,17H2,1H3/t14-,15-/m1/s1. The van der Waals surface area contributed by atoms with Crippen LogP contribution in [0.4, 0.5) is 0 Å². The van der Waals surface area contributed by atoms with Crippen LogP contribution >= 0.6 is 0 Å². The summed E-state index contributed by atoms with van der Waals surface area (Å²) in [5, 5.41) is 0. The van der Waals surface area contributed by atoms with Gasteiger partial charge in [-0.05, 0) is 24.8 Å². The van der Waals surface area contributed by atoms with Crippen molar-refractivity contribution in [3.05, 3.63) is 35.9 Å². The summed E-state index contributed by atoms with van der Waals surface area (Å²) in [5.41, 5.74) is 7.07. The number of rotatable bonds is 6. The van der Waals surface area contributed by atoms with Crippen LogP contribution in [-0.2, 0) is 16.1 Å². The Balaban J connectivity index is 2.00. The van der Waals surface area contributed by atoms with Gasteiger partial charge in [-0.15, -0.1) is 0 Å². The predicted molar refractivity (Wildman–Crippen MR) is 79.1 cm³/mol. The number of nitrogens with two attached hydrogens (primary N) is 1. The molecule has 2 N–H and O–H groups in total. The van der Waals surface area contributed by atoms with Gasteiger partial charge in [0.1, 0.15) is 0 Å². The van der Waals surface area contributed by atoms with E-state index < -0.39 is 0 Å². The largest absolute Gasteiger partial charge is 0.383 e. The van der Waals surface area contributed by atoms with Gasteiger partial charge in [0, 0.05) is 32.2 Å². The SMILES string of the molecule is COCCN(Cc1ccccc1)C(=O)[C@@H]1CC[C@@H](N)C1. The zero-order chi connectivity index (χ0) is 14.4. The number of carbonyl (C=O) groups excluding carboxylic acids is 1. The van der Waals surface area contributed by atoms with Crippen molar-refractivity contribution in [2.45, 2.75) is 31.8 Å². The molecule has 0 aliphatic heterocycles. The molecule has 4 nitrogen and oxygen atoms in total. The van der Waals surface area contributed by atoms with Gasteiger partial charge in [0.15, 0.2) is 0 Å². The number of methoxy groups -OCH3 is 1. The van der Waals surface area contributed by atoms with Gasteiger partial charge in [0.05, 0.1) is 6.61 Å². The molecule has 0 bridgehead atoms. The summed E-state index contributed by atoms with van der Waals surface area (Å²) in [6.45, 7) is 1.85. The summed E-state index contributed by atoms with van der Waals surface area (Å²) in [4.78, 5) is 14.5. The fourth-order valence-electron chi connectivity index (χ4n) is 2.77. The van der Waals surface area contributed by atoms with Crippen LogP contribution < -0.4 is 5.73 Å². The summed E-state index contributed by atoms with van der Waals surface area (Å²) < 4.78 is 5.13. The summed E-state index contributed by atoms with van der Waals surface area (Å²) in [7, 11) is 1.66. The highest BCUT2D eigenvalue weighted by Crippen LogP contribution is 2.26. The van der Waals surface area contributed by atoms with Gasteiger partial charge in [-0.25, -0.2) is 0 Å². The maximum absolute atomic E-state index is 12.6. The van der Waals surface area contributed by atoms with E-state index in [-0.39, 0.29) is 17.9 Å². The van der Waals surface area contributed by atoms with Gasteiger partial charge in [-0.3, -0.25) is 4.79 Å². The Morgan fingerprint density at radius 1 is 1.35 bits per heavy atom. The van der Waals surface area contributed by atoms with Gasteiger partial charge in [-0.2, -0.15) is 0 Å². The third kappa shape index (κ3) is 4.05. The number of benzene rings is 1. The van der Waals surface area contributed by atoms with Crippen LogP contribution in [-0.4, -0.2) is 37.1 Å². The molecule has 2 rings (SSSR count). The van der Waals surface area contributed by atoms with Crippen LogP contribution in [0.15, 0.2) is 30.3 Å². The fourth-order valence-corrected chi connectivity index (χ4v) is 2.77. The van der Waals surface area contributed by atoms with Crippen molar-refractivity contribution < 1.29 is 9.53 Å². The molecule has 1 amide bonds. The number of hydrogen-bond donors (Lipinski definition) is 1. The maximum Gasteiger partial charge on any atom is 0.226 e. The number of ether oxygens (including phenoxy) is 1. The molecule has 20 heavy (non-hydrogen) atoms. The van der Waals surface area contributed by atoms with Crippen molar-refractivity contribution in [1.82, 2.24) is 4.90 Å². The monoisotopic (exact) mass is 276 g/mol. The minimum absolute atomic E-state index is 0.0885. The molecular formula is C16H24N2O2. The van der Waals surface area contributed by atoms with E-state index in [4.69, 9.17) is 10.5 Å². The van der Waals surface area contributed by atoms with E-state index in [2.05, 4.69) is 0 Å². The second-order valence-corrected chi connectivity index (χ2v) is 5.51. The van der Waals surface area contributed by atoms with Crippen LogP contribution in [0.25, 0.3) is 0 Å². The second-order valence-electron chi connectivity index (χ2n) is 5.51. The predicted octanol–water partition coefficient (Wildman–Crippen LogP) is 1.79. The minimum Gasteiger partial charge on any atom is -0.383 e. The lowest BCUT2D eigenvalue weighted by molar-refractivity contribution is -0.136. The molecule has 0 unspecified atom stereocenters. The van der Waals surface area contributed by atoms with E-state index in [1.807, 2.05) is 35.2 Å². The Morgan fingerprint density at radius 2 is 2.10 bits per heavy atom. The molecule has 0 spiro atoms. The van der Waals surface area contributed by atoms with Gasteiger partial charge in [-0.1, -0.05) is 30.3 Å². The van der Waals surface area contributed by atoms with Gasteiger partial charge >= 0.3 is 0 Å². The summed E-state index contributed by atoms with van der Waals surface area (Å²) in [6.07, 6.45) is 2.69. The van der Waals surface area contributed by atoms with Crippen molar-refractivity contribution in [3.63, 3.8) is 0 Å². The highest BCUT2D eigenvalue weighted by atomic mass is 16.5. The lowest BCUT2D eigenvalue weighted by Crippen LogP contribution is -2.37. The molecule has 4 heteroatoms. The third-order valence-corrected chi connectivity index (χ3v) is 3.92. The van der Waals surface area contributed by atoms with E-state index in [0.717, 1.165) is 24.8 Å². The first kappa shape index (κ1) is 15.0. The van der Waals surface area contributed by atoms with Gasteiger partial charge in [0.25, 0.3) is 0 Å². The first-order chi connectivity index (χ1) is 9.70. The quantitative estimate of drug-likeness (QED) is 0.862. The van der Waals surface area contributed by atoms with Crippen LogP contribution in [0.1, 0.15) is 24.8 Å². The Labute approximate surface area is 120 Å². The molecule has 1 aromatic rings. The highest BCUT2D eigenvalue weighted by Gasteiger charge is 2.30. The molecule has 1 aliphatic rings. The molecule has 1 aromatic carbocycles. The van der Waals surface area contributed by atoms with E-state index in [9.17, 15) is 4.79 Å². The fraction of sp³-hybridized carbons (Fsp3) is 0.562. The number of nitrogens with zero attached hydrogens (tertiary/aromatic N) is 1. The molecule has 1 saturated carbocycles. The van der Waals surface area contributed by atoms with Crippen LogP contribution in [0.2, 0.25) is 0 Å². The molecule has 2 atom stereocenters. The lowest BCUT2D eigenvalue weighted by Gasteiger charge is -2.25. The molecule has 110 valence electrons. The van der Waals surface area contributed by atoms with Gasteiger partial charge in [0.2, 0.25) is 5.91 Å². The van der Waals surface area contributed by atoms with Crippen LogP contribution in [0, 0.1) is 5.92 Å². The van der Waals surface area contributed by atoms with Crippen molar-refractivity contribution in [2.24, 2.45) is 11.7 Å². The number of hydrogen-bond acceptors (Lipinski definition) is 3. The van der Waals surface area contributed by atoms with E-state index >= 15 is 0 Å². The second kappa shape index (κ2) is 7.41. The Morgan fingerprint density at radius 3 is 2.70 bits per heavy atom. The van der Waals surface area contributed by atoms with E-state index in [1.165, 1.54) is 0 Å². The van der Waals surface area contributed by atoms with E-state index in [0.29, 0.717) is 19.7 Å². The minimum atomic E-state index is 0.0885. The van der Waals surface area contributed by atoms with Crippen molar-refractivity contribution >= 4 is 5.91 Å². The summed E-state index contributed by atoms with van der Waals surface area (Å²) in [6, 6.07) is 10.3. The summed E-state index contributed by atoms with van der Waals surface area (Å²) >= 11 is 0. The molecule has 1 fully saturated rings. The maximum atomic E-state index is 12.6. The van der Waals surface area contributed by atoms with E-state index in [1.54, 1.807) is 7.11 Å². The Kier molecular flexibility index (Phi) is 5.56. The average molecular weight is 276 g/mol. The molecule has 1 aliphatic carbocycles. The zero-order valence-corrected chi connectivity index (χ0v) is 12.1. The molecular weight excluding hydrogens is 252 g/mol. The normalized spacial score (nSPS) is 21.9. The Hall–Kier alpha value is -1.39. The zero-order valence-electron chi connectivity index (χ0n) is 12.1. The smallest absolute Gasteiger partial charge is 0.226 e. The molecule has 0 heterocycles.